The largest absolute Gasteiger partial charge is 0.388 e. The van der Waals surface area contributed by atoms with E-state index in [1.807, 2.05) is 25.1 Å². The van der Waals surface area contributed by atoms with Gasteiger partial charge in [-0.3, -0.25) is 4.79 Å². The summed E-state index contributed by atoms with van der Waals surface area (Å²) in [4.78, 5) is 11.4. The SMILES string of the molecule is CC[C@@H](O)c1ccc2c(c1)CCCC(=O)N2. The van der Waals surface area contributed by atoms with E-state index in [1.165, 1.54) is 0 Å². The molecule has 16 heavy (non-hydrogen) atoms. The smallest absolute Gasteiger partial charge is 0.224 e. The van der Waals surface area contributed by atoms with E-state index in [2.05, 4.69) is 5.32 Å². The molecule has 0 aliphatic carbocycles. The normalized spacial score (nSPS) is 17.2. The Hall–Kier alpha value is -1.35. The number of aliphatic hydroxyl groups excluding tert-OH is 1. The van der Waals surface area contributed by atoms with Gasteiger partial charge in [0.05, 0.1) is 6.10 Å². The van der Waals surface area contributed by atoms with Gasteiger partial charge in [-0.2, -0.15) is 0 Å². The number of aryl methyl sites for hydroxylation is 1. The summed E-state index contributed by atoms with van der Waals surface area (Å²) in [5.74, 6) is 0.0857. The standard InChI is InChI=1S/C13H17NO2/c1-2-12(15)10-6-7-11-9(8-10)4-3-5-13(16)14-11/h6-8,12,15H,2-5H2,1H3,(H,14,16)/t12-/m1/s1. The van der Waals surface area contributed by atoms with Crippen LogP contribution in [0.25, 0.3) is 0 Å². The Labute approximate surface area is 95.5 Å². The number of fused-ring (bicyclic) bond motifs is 1. The van der Waals surface area contributed by atoms with Crippen molar-refractivity contribution in [3.8, 4) is 0 Å². The van der Waals surface area contributed by atoms with Crippen molar-refractivity contribution < 1.29 is 9.90 Å². The summed E-state index contributed by atoms with van der Waals surface area (Å²) in [5, 5.41) is 12.7. The zero-order valence-corrected chi connectivity index (χ0v) is 9.49. The molecule has 0 radical (unpaired) electrons. The molecule has 86 valence electrons. The monoisotopic (exact) mass is 219 g/mol. The van der Waals surface area contributed by atoms with Gasteiger partial charge in [-0.1, -0.05) is 19.1 Å². The van der Waals surface area contributed by atoms with E-state index in [-0.39, 0.29) is 5.91 Å². The topological polar surface area (TPSA) is 49.3 Å². The summed E-state index contributed by atoms with van der Waals surface area (Å²) in [6.07, 6.45) is 2.68. The number of amides is 1. The summed E-state index contributed by atoms with van der Waals surface area (Å²) >= 11 is 0. The lowest BCUT2D eigenvalue weighted by molar-refractivity contribution is -0.116. The minimum absolute atomic E-state index is 0.0857. The van der Waals surface area contributed by atoms with Gasteiger partial charge in [-0.05, 0) is 36.5 Å². The van der Waals surface area contributed by atoms with E-state index in [0.29, 0.717) is 12.8 Å². The molecule has 0 saturated heterocycles. The van der Waals surface area contributed by atoms with Gasteiger partial charge in [-0.15, -0.1) is 0 Å². The zero-order chi connectivity index (χ0) is 11.5. The van der Waals surface area contributed by atoms with Crippen molar-refractivity contribution in [2.75, 3.05) is 5.32 Å². The maximum atomic E-state index is 11.4. The van der Waals surface area contributed by atoms with E-state index in [4.69, 9.17) is 0 Å². The minimum Gasteiger partial charge on any atom is -0.388 e. The summed E-state index contributed by atoms with van der Waals surface area (Å²) in [6, 6.07) is 5.79. The number of carbonyl (C=O) groups excluding carboxylic acids is 1. The van der Waals surface area contributed by atoms with Crippen LogP contribution in [0.2, 0.25) is 0 Å². The van der Waals surface area contributed by atoms with Gasteiger partial charge in [0.1, 0.15) is 0 Å². The van der Waals surface area contributed by atoms with Gasteiger partial charge in [0.2, 0.25) is 5.91 Å². The van der Waals surface area contributed by atoms with Crippen LogP contribution in [0.4, 0.5) is 5.69 Å². The molecule has 0 aromatic heterocycles. The van der Waals surface area contributed by atoms with Crippen molar-refractivity contribution in [3.05, 3.63) is 29.3 Å². The van der Waals surface area contributed by atoms with Crippen molar-refractivity contribution >= 4 is 11.6 Å². The third-order valence-electron chi connectivity index (χ3n) is 3.02. The van der Waals surface area contributed by atoms with Crippen molar-refractivity contribution in [1.82, 2.24) is 0 Å². The first kappa shape index (κ1) is 11.1. The number of carbonyl (C=O) groups is 1. The highest BCUT2D eigenvalue weighted by Crippen LogP contribution is 2.26. The van der Waals surface area contributed by atoms with Crippen LogP contribution in [0.15, 0.2) is 18.2 Å². The van der Waals surface area contributed by atoms with Crippen LogP contribution in [0.3, 0.4) is 0 Å². The fraction of sp³-hybridized carbons (Fsp3) is 0.462. The molecule has 0 saturated carbocycles. The molecule has 3 heteroatoms. The average molecular weight is 219 g/mol. The van der Waals surface area contributed by atoms with E-state index in [0.717, 1.165) is 29.7 Å². The molecule has 2 rings (SSSR count). The maximum Gasteiger partial charge on any atom is 0.224 e. The third-order valence-corrected chi connectivity index (χ3v) is 3.02. The second kappa shape index (κ2) is 4.66. The van der Waals surface area contributed by atoms with Crippen LogP contribution in [0, 0.1) is 0 Å². The van der Waals surface area contributed by atoms with E-state index in [9.17, 15) is 9.90 Å². The average Bonchev–Trinajstić information content (AvgIpc) is 2.47. The van der Waals surface area contributed by atoms with Gasteiger partial charge < -0.3 is 10.4 Å². The molecule has 1 atom stereocenters. The second-order valence-electron chi connectivity index (χ2n) is 4.24. The summed E-state index contributed by atoms with van der Waals surface area (Å²) in [7, 11) is 0. The van der Waals surface area contributed by atoms with Gasteiger partial charge in [-0.25, -0.2) is 0 Å². The first-order valence-electron chi connectivity index (χ1n) is 5.81. The van der Waals surface area contributed by atoms with Crippen LogP contribution in [0.5, 0.6) is 0 Å². The Kier molecular flexibility index (Phi) is 3.25. The highest BCUT2D eigenvalue weighted by Gasteiger charge is 2.14. The Balaban J connectivity index is 2.31. The molecule has 0 spiro atoms. The molecule has 1 amide bonds. The fourth-order valence-electron chi connectivity index (χ4n) is 2.04. The molecule has 1 aromatic carbocycles. The van der Waals surface area contributed by atoms with Crippen LogP contribution in [-0.2, 0) is 11.2 Å². The molecular formula is C13H17NO2. The van der Waals surface area contributed by atoms with Gasteiger partial charge in [0.25, 0.3) is 0 Å². The van der Waals surface area contributed by atoms with E-state index < -0.39 is 6.10 Å². The van der Waals surface area contributed by atoms with Crippen molar-refractivity contribution in [1.29, 1.82) is 0 Å². The molecule has 0 bridgehead atoms. The number of aliphatic hydroxyl groups is 1. The molecule has 3 nitrogen and oxygen atoms in total. The Bertz CT molecular complexity index is 401. The molecule has 2 N–H and O–H groups in total. The van der Waals surface area contributed by atoms with E-state index in [1.54, 1.807) is 0 Å². The third kappa shape index (κ3) is 2.25. The predicted molar refractivity (Wildman–Crippen MR) is 63.3 cm³/mol. The van der Waals surface area contributed by atoms with Crippen molar-refractivity contribution in [2.45, 2.75) is 38.7 Å². The second-order valence-corrected chi connectivity index (χ2v) is 4.24. The Morgan fingerprint density at radius 3 is 3.00 bits per heavy atom. The van der Waals surface area contributed by atoms with Crippen molar-refractivity contribution in [3.63, 3.8) is 0 Å². The van der Waals surface area contributed by atoms with Crippen LogP contribution in [-0.4, -0.2) is 11.0 Å². The summed E-state index contributed by atoms with van der Waals surface area (Å²) in [6.45, 7) is 1.96. The van der Waals surface area contributed by atoms with Crippen LogP contribution >= 0.6 is 0 Å². The quantitative estimate of drug-likeness (QED) is 0.802. The number of nitrogens with one attached hydrogen (secondary N) is 1. The maximum absolute atomic E-state index is 11.4. The molecule has 0 unspecified atom stereocenters. The molecule has 1 aliphatic rings. The lowest BCUT2D eigenvalue weighted by Crippen LogP contribution is -2.09. The summed E-state index contributed by atoms with van der Waals surface area (Å²) < 4.78 is 0. The van der Waals surface area contributed by atoms with Gasteiger partial charge >= 0.3 is 0 Å². The fourth-order valence-corrected chi connectivity index (χ4v) is 2.04. The summed E-state index contributed by atoms with van der Waals surface area (Å²) in [5.41, 5.74) is 2.97. The lowest BCUT2D eigenvalue weighted by atomic mass is 10.0. The Morgan fingerprint density at radius 2 is 2.25 bits per heavy atom. The van der Waals surface area contributed by atoms with Crippen LogP contribution in [0.1, 0.15) is 43.4 Å². The van der Waals surface area contributed by atoms with Crippen LogP contribution < -0.4 is 5.32 Å². The highest BCUT2D eigenvalue weighted by atomic mass is 16.3. The first-order chi connectivity index (χ1) is 7.70. The molecule has 0 fully saturated rings. The minimum atomic E-state index is -0.399. The number of rotatable bonds is 2. The van der Waals surface area contributed by atoms with E-state index >= 15 is 0 Å². The predicted octanol–water partition coefficient (Wildman–Crippen LogP) is 2.40. The highest BCUT2D eigenvalue weighted by molar-refractivity contribution is 5.92. The number of hydrogen-bond donors (Lipinski definition) is 2. The van der Waals surface area contributed by atoms with Crippen molar-refractivity contribution in [2.24, 2.45) is 0 Å². The zero-order valence-electron chi connectivity index (χ0n) is 9.49. The number of anilines is 1. The number of hydrogen-bond acceptors (Lipinski definition) is 2. The first-order valence-corrected chi connectivity index (χ1v) is 5.81. The van der Waals surface area contributed by atoms with Gasteiger partial charge in [0.15, 0.2) is 0 Å². The lowest BCUT2D eigenvalue weighted by Gasteiger charge is -2.12. The Morgan fingerprint density at radius 1 is 1.44 bits per heavy atom. The van der Waals surface area contributed by atoms with Gasteiger partial charge in [0, 0.05) is 12.1 Å². The molecule has 1 heterocycles. The molecule has 1 aromatic rings. The number of benzene rings is 1. The molecule has 1 aliphatic heterocycles. The molecular weight excluding hydrogens is 202 g/mol.